The summed E-state index contributed by atoms with van der Waals surface area (Å²) in [4.78, 5) is 8.05. The molecule has 5 heteroatoms. The molecule has 2 aromatic heterocycles. The molecular formula is C16H22N2O2S. The maximum Gasteiger partial charge on any atom is 0.237 e. The zero-order chi connectivity index (χ0) is 15.0. The molecule has 114 valence electrons. The zero-order valence-corrected chi connectivity index (χ0v) is 13.7. The molecule has 21 heavy (non-hydrogen) atoms. The van der Waals surface area contributed by atoms with Crippen molar-refractivity contribution in [3.63, 3.8) is 0 Å². The molecule has 0 bridgehead atoms. The summed E-state index contributed by atoms with van der Waals surface area (Å²) in [5.41, 5.74) is 1.60. The molecule has 0 aliphatic carbocycles. The highest BCUT2D eigenvalue weighted by atomic mass is 32.1. The molecular weight excluding hydrogens is 284 g/mol. The Kier molecular flexibility index (Phi) is 3.90. The molecule has 3 rings (SSSR count). The van der Waals surface area contributed by atoms with Gasteiger partial charge in [0.1, 0.15) is 5.76 Å². The van der Waals surface area contributed by atoms with Gasteiger partial charge < -0.3 is 9.52 Å². The molecule has 1 fully saturated rings. The van der Waals surface area contributed by atoms with Gasteiger partial charge in [0.15, 0.2) is 0 Å². The average molecular weight is 306 g/mol. The fraction of sp³-hybridized carbons (Fsp3) is 0.562. The molecule has 1 atom stereocenters. The van der Waals surface area contributed by atoms with Crippen LogP contribution in [0.15, 0.2) is 15.9 Å². The zero-order valence-electron chi connectivity index (χ0n) is 12.8. The fourth-order valence-electron chi connectivity index (χ4n) is 2.93. The topological polar surface area (TPSA) is 49.5 Å². The van der Waals surface area contributed by atoms with Crippen LogP contribution < -0.4 is 0 Å². The summed E-state index contributed by atoms with van der Waals surface area (Å²) in [6.07, 6.45) is 1.90. The molecule has 0 amide bonds. The van der Waals surface area contributed by atoms with Crippen molar-refractivity contribution in [2.24, 2.45) is 0 Å². The van der Waals surface area contributed by atoms with E-state index in [0.717, 1.165) is 48.2 Å². The summed E-state index contributed by atoms with van der Waals surface area (Å²) in [7, 11) is 0. The highest BCUT2D eigenvalue weighted by Crippen LogP contribution is 2.30. The molecule has 4 nitrogen and oxygen atoms in total. The van der Waals surface area contributed by atoms with Crippen molar-refractivity contribution in [3.05, 3.63) is 28.5 Å². The third kappa shape index (κ3) is 3.20. The van der Waals surface area contributed by atoms with Gasteiger partial charge in [0.2, 0.25) is 5.89 Å². The van der Waals surface area contributed by atoms with Crippen LogP contribution in [0.1, 0.15) is 36.8 Å². The standard InChI is InChI=1S/C16H22N2O2S/c1-11-5-8-21-14(11)15-17-13(12(2)20-15)9-18-7-4-6-16(3,19)10-18/h5,8,19H,4,6-7,9-10H2,1-3H3/t16-/m1/s1. The van der Waals surface area contributed by atoms with Crippen molar-refractivity contribution in [2.45, 2.75) is 45.8 Å². The van der Waals surface area contributed by atoms with Crippen molar-refractivity contribution in [1.82, 2.24) is 9.88 Å². The third-order valence-corrected chi connectivity index (χ3v) is 5.08. The monoisotopic (exact) mass is 306 g/mol. The van der Waals surface area contributed by atoms with Gasteiger partial charge in [-0.3, -0.25) is 4.90 Å². The lowest BCUT2D eigenvalue weighted by Crippen LogP contribution is -2.45. The Morgan fingerprint density at radius 3 is 2.95 bits per heavy atom. The number of aryl methyl sites for hydroxylation is 2. The number of oxazole rings is 1. The Morgan fingerprint density at radius 2 is 2.29 bits per heavy atom. The fourth-order valence-corrected chi connectivity index (χ4v) is 3.78. The number of β-amino-alcohol motifs (C(OH)–C–C–N with tert-alkyl or cyclic N) is 1. The minimum Gasteiger partial charge on any atom is -0.440 e. The van der Waals surface area contributed by atoms with Gasteiger partial charge in [-0.05, 0) is 57.2 Å². The van der Waals surface area contributed by atoms with Gasteiger partial charge in [0, 0.05) is 13.1 Å². The van der Waals surface area contributed by atoms with Crippen LogP contribution in [-0.4, -0.2) is 33.7 Å². The largest absolute Gasteiger partial charge is 0.440 e. The molecule has 0 spiro atoms. The summed E-state index contributed by atoms with van der Waals surface area (Å²) in [6.45, 7) is 8.41. The molecule has 1 N–H and O–H groups in total. The quantitative estimate of drug-likeness (QED) is 0.944. The van der Waals surface area contributed by atoms with Crippen LogP contribution in [0.25, 0.3) is 10.8 Å². The molecule has 0 unspecified atom stereocenters. The van der Waals surface area contributed by atoms with Crippen molar-refractivity contribution in [3.8, 4) is 10.8 Å². The predicted octanol–water partition coefficient (Wildman–Crippen LogP) is 3.37. The van der Waals surface area contributed by atoms with Gasteiger partial charge in [0.25, 0.3) is 0 Å². The van der Waals surface area contributed by atoms with Gasteiger partial charge in [-0.25, -0.2) is 4.98 Å². The number of piperidine rings is 1. The molecule has 3 heterocycles. The minimum atomic E-state index is -0.580. The smallest absolute Gasteiger partial charge is 0.237 e. The van der Waals surface area contributed by atoms with E-state index in [0.29, 0.717) is 6.54 Å². The van der Waals surface area contributed by atoms with Gasteiger partial charge in [0.05, 0.1) is 16.2 Å². The summed E-state index contributed by atoms with van der Waals surface area (Å²) in [6, 6.07) is 2.08. The first-order chi connectivity index (χ1) is 9.94. The van der Waals surface area contributed by atoms with E-state index >= 15 is 0 Å². The third-order valence-electron chi connectivity index (χ3n) is 4.08. The Labute approximate surface area is 129 Å². The average Bonchev–Trinajstić information content (AvgIpc) is 2.95. The SMILES string of the molecule is Cc1ccsc1-c1nc(CN2CCC[C@@](C)(O)C2)c(C)o1. The van der Waals surface area contributed by atoms with Crippen molar-refractivity contribution < 1.29 is 9.52 Å². The number of likely N-dealkylation sites (tertiary alicyclic amines) is 1. The van der Waals surface area contributed by atoms with Crippen LogP contribution in [0, 0.1) is 13.8 Å². The van der Waals surface area contributed by atoms with Crippen molar-refractivity contribution in [1.29, 1.82) is 0 Å². The van der Waals surface area contributed by atoms with Crippen LogP contribution in [0.2, 0.25) is 0 Å². The summed E-state index contributed by atoms with van der Waals surface area (Å²) in [5, 5.41) is 12.3. The number of rotatable bonds is 3. The lowest BCUT2D eigenvalue weighted by atomic mass is 9.95. The molecule has 0 aromatic carbocycles. The van der Waals surface area contributed by atoms with Gasteiger partial charge in [-0.15, -0.1) is 11.3 Å². The summed E-state index contributed by atoms with van der Waals surface area (Å²) in [5.74, 6) is 1.60. The van der Waals surface area contributed by atoms with Crippen molar-refractivity contribution in [2.75, 3.05) is 13.1 Å². The Bertz CT molecular complexity index is 630. The molecule has 1 aliphatic heterocycles. The first-order valence-electron chi connectivity index (χ1n) is 7.40. The van der Waals surface area contributed by atoms with Gasteiger partial charge >= 0.3 is 0 Å². The maximum absolute atomic E-state index is 10.2. The summed E-state index contributed by atoms with van der Waals surface area (Å²) >= 11 is 1.66. The van der Waals surface area contributed by atoms with Crippen LogP contribution in [0.3, 0.4) is 0 Å². The van der Waals surface area contributed by atoms with Crippen molar-refractivity contribution >= 4 is 11.3 Å². The lowest BCUT2D eigenvalue weighted by Gasteiger charge is -2.36. The molecule has 1 saturated heterocycles. The van der Waals surface area contributed by atoms with Crippen LogP contribution >= 0.6 is 11.3 Å². The van der Waals surface area contributed by atoms with E-state index in [1.54, 1.807) is 11.3 Å². The number of thiophene rings is 1. The normalized spacial score (nSPS) is 23.6. The number of nitrogens with zero attached hydrogens (tertiary/aromatic N) is 2. The van der Waals surface area contributed by atoms with E-state index in [1.165, 1.54) is 5.56 Å². The second-order valence-electron chi connectivity index (χ2n) is 6.27. The highest BCUT2D eigenvalue weighted by Gasteiger charge is 2.29. The number of hydrogen-bond donors (Lipinski definition) is 1. The Morgan fingerprint density at radius 1 is 1.48 bits per heavy atom. The van der Waals surface area contributed by atoms with E-state index in [2.05, 4.69) is 28.3 Å². The number of aromatic nitrogens is 1. The van der Waals surface area contributed by atoms with Gasteiger partial charge in [-0.1, -0.05) is 0 Å². The minimum absolute atomic E-state index is 0.580. The maximum atomic E-state index is 10.2. The number of hydrogen-bond acceptors (Lipinski definition) is 5. The number of aliphatic hydroxyl groups is 1. The first kappa shape index (κ1) is 14.8. The van der Waals surface area contributed by atoms with E-state index < -0.39 is 5.60 Å². The molecule has 0 saturated carbocycles. The molecule has 1 aliphatic rings. The second-order valence-corrected chi connectivity index (χ2v) is 7.18. The highest BCUT2D eigenvalue weighted by molar-refractivity contribution is 7.13. The lowest BCUT2D eigenvalue weighted by molar-refractivity contribution is -0.0185. The Hall–Kier alpha value is -1.17. The van der Waals surface area contributed by atoms with E-state index in [4.69, 9.17) is 4.42 Å². The van der Waals surface area contributed by atoms with E-state index in [9.17, 15) is 5.11 Å². The van der Waals surface area contributed by atoms with E-state index in [1.807, 2.05) is 13.8 Å². The Balaban J connectivity index is 1.78. The first-order valence-corrected chi connectivity index (χ1v) is 8.28. The van der Waals surface area contributed by atoms with Crippen LogP contribution in [0.5, 0.6) is 0 Å². The molecule has 2 aromatic rings. The van der Waals surface area contributed by atoms with E-state index in [-0.39, 0.29) is 0 Å². The second kappa shape index (κ2) is 5.55. The van der Waals surface area contributed by atoms with Crippen LogP contribution in [0.4, 0.5) is 0 Å². The predicted molar refractivity (Wildman–Crippen MR) is 84.4 cm³/mol. The van der Waals surface area contributed by atoms with Crippen LogP contribution in [-0.2, 0) is 6.54 Å². The van der Waals surface area contributed by atoms with Gasteiger partial charge in [-0.2, -0.15) is 0 Å². The summed E-state index contributed by atoms with van der Waals surface area (Å²) < 4.78 is 5.84. The molecule has 0 radical (unpaired) electrons.